The minimum Gasteiger partial charge on any atom is -0.490 e. The van der Waals surface area contributed by atoms with Gasteiger partial charge in [0, 0.05) is 0 Å². The van der Waals surface area contributed by atoms with Crippen LogP contribution in [0.25, 0.3) is 0 Å². The van der Waals surface area contributed by atoms with Crippen molar-refractivity contribution < 1.29 is 23.9 Å². The second kappa shape index (κ2) is 9.13. The van der Waals surface area contributed by atoms with Crippen LogP contribution in [0.4, 0.5) is 4.79 Å². The van der Waals surface area contributed by atoms with Crippen LogP contribution in [0.2, 0.25) is 0 Å². The Morgan fingerprint density at radius 3 is 2.30 bits per heavy atom. The van der Waals surface area contributed by atoms with Crippen LogP contribution in [0.15, 0.2) is 24.3 Å². The molecule has 9 nitrogen and oxygen atoms in total. The van der Waals surface area contributed by atoms with Gasteiger partial charge >= 0.3 is 6.03 Å². The molecule has 0 aliphatic carbocycles. The summed E-state index contributed by atoms with van der Waals surface area (Å²) in [5.74, 6) is -0.256. The fourth-order valence-electron chi connectivity index (χ4n) is 1.54. The Bertz CT molecular complexity index is 564. The molecule has 0 aliphatic heterocycles. The van der Waals surface area contributed by atoms with Crippen LogP contribution in [0, 0.1) is 0 Å². The maximum absolute atomic E-state index is 11.6. The molecule has 1 aromatic carbocycles. The average Bonchev–Trinajstić information content (AvgIpc) is 2.51. The highest BCUT2D eigenvalue weighted by molar-refractivity contribution is 5.88. The Hall–Kier alpha value is -2.97. The highest BCUT2D eigenvalue weighted by atomic mass is 16.5. The van der Waals surface area contributed by atoms with Gasteiger partial charge < -0.3 is 20.5 Å². The van der Waals surface area contributed by atoms with Gasteiger partial charge in [-0.05, 0) is 26.0 Å². The zero-order chi connectivity index (χ0) is 17.2. The van der Waals surface area contributed by atoms with E-state index in [9.17, 15) is 14.4 Å². The van der Waals surface area contributed by atoms with E-state index in [-0.39, 0.29) is 6.61 Å². The number of hydrogen-bond acceptors (Lipinski definition) is 5. The minimum absolute atomic E-state index is 0.317. The largest absolute Gasteiger partial charge is 0.490 e. The number of rotatable bonds is 7. The van der Waals surface area contributed by atoms with Crippen molar-refractivity contribution in [3.63, 3.8) is 0 Å². The quantitative estimate of drug-likeness (QED) is 0.510. The van der Waals surface area contributed by atoms with Crippen molar-refractivity contribution in [3.8, 4) is 11.5 Å². The van der Waals surface area contributed by atoms with Crippen LogP contribution in [-0.2, 0) is 9.59 Å². The number of benzene rings is 1. The van der Waals surface area contributed by atoms with E-state index in [1.54, 1.807) is 24.3 Å². The van der Waals surface area contributed by atoms with E-state index in [4.69, 9.17) is 15.2 Å². The lowest BCUT2D eigenvalue weighted by atomic mass is 10.3. The van der Waals surface area contributed by atoms with Crippen molar-refractivity contribution in [2.75, 3.05) is 13.2 Å². The van der Waals surface area contributed by atoms with Crippen LogP contribution in [-0.4, -0.2) is 37.1 Å². The Morgan fingerprint density at radius 1 is 1.13 bits per heavy atom. The zero-order valence-electron chi connectivity index (χ0n) is 12.9. The Morgan fingerprint density at radius 2 is 1.74 bits per heavy atom. The number of carbonyl (C=O) groups is 3. The summed E-state index contributed by atoms with van der Waals surface area (Å²) < 4.78 is 10.7. The summed E-state index contributed by atoms with van der Waals surface area (Å²) in [5.41, 5.74) is 9.19. The molecule has 0 fully saturated rings. The van der Waals surface area contributed by atoms with Crippen molar-refractivity contribution in [1.29, 1.82) is 0 Å². The maximum atomic E-state index is 11.6. The second-order valence-corrected chi connectivity index (χ2v) is 4.44. The van der Waals surface area contributed by atoms with Crippen molar-refractivity contribution >= 4 is 17.8 Å². The van der Waals surface area contributed by atoms with Gasteiger partial charge in [-0.15, -0.1) is 0 Å². The number of nitrogens with one attached hydrogen (secondary N) is 3. The highest BCUT2D eigenvalue weighted by Crippen LogP contribution is 2.26. The molecule has 0 aliphatic rings. The van der Waals surface area contributed by atoms with Gasteiger partial charge in [0.2, 0.25) is 0 Å². The van der Waals surface area contributed by atoms with Gasteiger partial charge in [-0.25, -0.2) is 4.79 Å². The third kappa shape index (κ3) is 6.55. The van der Waals surface area contributed by atoms with Gasteiger partial charge in [0.05, 0.1) is 6.61 Å². The predicted octanol–water partition coefficient (Wildman–Crippen LogP) is -0.332. The lowest BCUT2D eigenvalue weighted by Crippen LogP contribution is -2.52. The number of hydrazine groups is 1. The topological polar surface area (TPSA) is 132 Å². The minimum atomic E-state index is -0.882. The first-order chi connectivity index (χ1) is 10.9. The Labute approximate surface area is 133 Å². The second-order valence-electron chi connectivity index (χ2n) is 4.44. The van der Waals surface area contributed by atoms with E-state index < -0.39 is 23.9 Å². The molecule has 1 rings (SSSR count). The van der Waals surface area contributed by atoms with E-state index in [0.29, 0.717) is 18.1 Å². The van der Waals surface area contributed by atoms with E-state index >= 15 is 0 Å². The SMILES string of the molecule is CCOc1ccccc1OCC(=O)NNC(=O)C(C)NC(N)=O. The molecule has 126 valence electrons. The summed E-state index contributed by atoms with van der Waals surface area (Å²) in [6.45, 7) is 3.40. The molecule has 0 aromatic heterocycles. The number of nitrogens with two attached hydrogens (primary N) is 1. The lowest BCUT2D eigenvalue weighted by Gasteiger charge is -2.14. The fourth-order valence-corrected chi connectivity index (χ4v) is 1.54. The summed E-state index contributed by atoms with van der Waals surface area (Å²) in [6, 6.07) is 5.19. The highest BCUT2D eigenvalue weighted by Gasteiger charge is 2.15. The first kappa shape index (κ1) is 18.1. The molecule has 0 radical (unpaired) electrons. The number of amides is 4. The molecule has 1 unspecified atom stereocenters. The van der Waals surface area contributed by atoms with Crippen LogP contribution in [0.5, 0.6) is 11.5 Å². The van der Waals surface area contributed by atoms with Crippen LogP contribution >= 0.6 is 0 Å². The third-order valence-electron chi connectivity index (χ3n) is 2.58. The first-order valence-corrected chi connectivity index (χ1v) is 6.93. The number of ether oxygens (including phenoxy) is 2. The molecule has 1 aromatic rings. The standard InChI is InChI=1S/C14H20N4O5/c1-3-22-10-6-4-5-7-11(10)23-8-12(19)17-18-13(20)9(2)16-14(15)21/h4-7,9H,3,8H2,1-2H3,(H,17,19)(H,18,20)(H3,15,16,21). The smallest absolute Gasteiger partial charge is 0.312 e. The molecule has 0 heterocycles. The van der Waals surface area contributed by atoms with Crippen molar-refractivity contribution in [2.45, 2.75) is 19.9 Å². The van der Waals surface area contributed by atoms with Gasteiger partial charge in [0.1, 0.15) is 6.04 Å². The van der Waals surface area contributed by atoms with Crippen molar-refractivity contribution in [3.05, 3.63) is 24.3 Å². The lowest BCUT2D eigenvalue weighted by molar-refractivity contribution is -0.130. The van der Waals surface area contributed by atoms with Gasteiger partial charge in [0.25, 0.3) is 11.8 Å². The van der Waals surface area contributed by atoms with Crippen LogP contribution < -0.4 is 31.4 Å². The van der Waals surface area contributed by atoms with Crippen LogP contribution in [0.1, 0.15) is 13.8 Å². The molecular weight excluding hydrogens is 304 g/mol. The van der Waals surface area contributed by atoms with E-state index in [1.807, 2.05) is 6.92 Å². The van der Waals surface area contributed by atoms with Gasteiger partial charge in [-0.2, -0.15) is 0 Å². The van der Waals surface area contributed by atoms with Crippen molar-refractivity contribution in [1.82, 2.24) is 16.2 Å². The van der Waals surface area contributed by atoms with Crippen LogP contribution in [0.3, 0.4) is 0 Å². The number of carbonyl (C=O) groups excluding carboxylic acids is 3. The molecule has 0 saturated heterocycles. The third-order valence-corrected chi connectivity index (χ3v) is 2.58. The number of urea groups is 1. The predicted molar refractivity (Wildman–Crippen MR) is 81.6 cm³/mol. The van der Waals surface area contributed by atoms with Gasteiger partial charge in [0.15, 0.2) is 18.1 Å². The molecule has 23 heavy (non-hydrogen) atoms. The summed E-state index contributed by atoms with van der Waals surface area (Å²) in [4.78, 5) is 33.8. The molecule has 0 spiro atoms. The molecule has 0 bridgehead atoms. The Balaban J connectivity index is 2.40. The summed E-state index contributed by atoms with van der Waals surface area (Å²) in [5, 5.41) is 2.17. The van der Waals surface area contributed by atoms with Gasteiger partial charge in [-0.3, -0.25) is 20.4 Å². The van der Waals surface area contributed by atoms with E-state index in [0.717, 1.165) is 0 Å². The summed E-state index contributed by atoms with van der Waals surface area (Å²) in [7, 11) is 0. The molecule has 1 atom stereocenters. The van der Waals surface area contributed by atoms with E-state index in [1.165, 1.54) is 6.92 Å². The maximum Gasteiger partial charge on any atom is 0.312 e. The monoisotopic (exact) mass is 324 g/mol. The van der Waals surface area contributed by atoms with Crippen molar-refractivity contribution in [2.24, 2.45) is 5.73 Å². The van der Waals surface area contributed by atoms with E-state index in [2.05, 4.69) is 16.2 Å². The zero-order valence-corrected chi connectivity index (χ0v) is 12.9. The fraction of sp³-hybridized carbons (Fsp3) is 0.357. The molecule has 0 saturated carbocycles. The number of primary amides is 1. The molecule has 9 heteroatoms. The van der Waals surface area contributed by atoms with Gasteiger partial charge in [-0.1, -0.05) is 12.1 Å². The summed E-state index contributed by atoms with van der Waals surface area (Å²) >= 11 is 0. The average molecular weight is 324 g/mol. The molecule has 5 N–H and O–H groups in total. The number of hydrogen-bond donors (Lipinski definition) is 4. The normalized spacial score (nSPS) is 11.0. The molecule has 4 amide bonds. The Kier molecular flexibility index (Phi) is 7.18. The first-order valence-electron chi connectivity index (χ1n) is 6.93. The number of para-hydroxylation sites is 2. The summed E-state index contributed by atoms with van der Waals surface area (Å²) in [6.07, 6.45) is 0. The molecular formula is C14H20N4O5.